The number of ether oxygens (including phenoxy) is 1. The largest absolute Gasteiger partial charge is 0.510 e. The minimum atomic E-state index is -1.38. The Morgan fingerprint density at radius 1 is 0.705 bits per heavy atom. The molecule has 0 saturated heterocycles. The number of para-hydroxylation sites is 3. The number of hydrogen-bond acceptors (Lipinski definition) is 2. The molecule has 10 aromatic rings. The first kappa shape index (κ1) is 28.8. The van der Waals surface area contributed by atoms with E-state index in [9.17, 15) is 1.37 Å². The van der Waals surface area contributed by atoms with Gasteiger partial charge in [-0.2, -0.15) is 18.2 Å². The van der Waals surface area contributed by atoms with Gasteiger partial charge in [-0.05, 0) is 74.0 Å². The van der Waals surface area contributed by atoms with Gasteiger partial charge in [0, 0.05) is 45.6 Å². The number of nitrogens with zero attached hydrogens (tertiary/aromatic N) is 4. The predicted molar refractivity (Wildman–Crippen MR) is 244 cm³/mol. The van der Waals surface area contributed by atoms with Gasteiger partial charge in [0.1, 0.15) is 5.82 Å². The SMILES string of the molecule is [2H]c1c([2H])c([2H])c(-c2cc(C([2H])(C)C)cc(-c3c([2H])c([2H])c([2H])c([2H])c3[2H])c2-[n+]2[c-]n(-c3[c-]c(Oc4[c-]c5c(cc4)c4ccccc4n5-c4cc(C(C)(C)C)ccn4)ccc3)c3ccccc32)c([2H])c1[2H].[Pt]. The average molecular weight is 983 g/mol. The molecule has 0 aliphatic heterocycles. The van der Waals surface area contributed by atoms with E-state index < -0.39 is 66.3 Å². The molecular formula is C55H44N4OPt-2. The van der Waals surface area contributed by atoms with Crippen LogP contribution in [0.3, 0.4) is 0 Å². The molecule has 0 fully saturated rings. The van der Waals surface area contributed by atoms with E-state index in [1.807, 2.05) is 48.7 Å². The zero-order chi connectivity index (χ0) is 50.6. The number of benzene rings is 7. The molecule has 0 N–H and O–H groups in total. The van der Waals surface area contributed by atoms with E-state index in [-0.39, 0.29) is 60.0 Å². The van der Waals surface area contributed by atoms with Crippen LogP contribution < -0.4 is 9.30 Å². The van der Waals surface area contributed by atoms with Crippen LogP contribution in [0.5, 0.6) is 11.5 Å². The van der Waals surface area contributed by atoms with Crippen molar-refractivity contribution in [2.24, 2.45) is 0 Å². The maximum absolute atomic E-state index is 9.17. The average Bonchev–Trinajstić information content (AvgIpc) is 3.89. The first-order valence-electron chi connectivity index (χ1n) is 25.1. The van der Waals surface area contributed by atoms with Crippen LogP contribution in [0.1, 0.15) is 66.7 Å². The van der Waals surface area contributed by atoms with Gasteiger partial charge in [-0.25, -0.2) is 4.98 Å². The molecule has 0 aliphatic carbocycles. The van der Waals surface area contributed by atoms with Crippen molar-refractivity contribution in [2.45, 2.75) is 45.9 Å². The fraction of sp³-hybridized carbons (Fsp3) is 0.127. The third-order valence-corrected chi connectivity index (χ3v) is 10.6. The zero-order valence-electron chi connectivity index (χ0n) is 44.9. The van der Waals surface area contributed by atoms with Crippen LogP contribution >= 0.6 is 0 Å². The molecular weight excluding hydrogens is 928 g/mol. The minimum absolute atomic E-state index is 0. The second-order valence-electron chi connectivity index (χ2n) is 15.8. The molecule has 0 bridgehead atoms. The molecule has 0 radical (unpaired) electrons. The van der Waals surface area contributed by atoms with Crippen LogP contribution in [0.25, 0.3) is 72.3 Å². The van der Waals surface area contributed by atoms with Crippen molar-refractivity contribution in [2.75, 3.05) is 0 Å². The fourth-order valence-corrected chi connectivity index (χ4v) is 7.64. The number of hydrogen-bond donors (Lipinski definition) is 0. The van der Waals surface area contributed by atoms with E-state index in [2.05, 4.69) is 62.0 Å². The van der Waals surface area contributed by atoms with Gasteiger partial charge in [0.2, 0.25) is 0 Å². The normalized spacial score (nSPS) is 14.4. The van der Waals surface area contributed by atoms with Crippen molar-refractivity contribution in [1.29, 1.82) is 0 Å². The Hall–Kier alpha value is -6.55. The standard InChI is InChI=1S/C55H44N4O.Pt/c1-37(2)40-31-47(38-17-8-6-9-18-38)54(48(32-40)39-19-10-7-11-20-39)58-36-57(50-25-14-15-26-51(50)58)42-21-16-22-43(34-42)60-44-27-28-46-45-23-12-13-24-49(45)59(52(46)35-44)53-33-41(29-30-56-53)55(3,4)5;/h6-33,37H,1-5H3;/q-2;/i6D,7D,8D,9D,10D,11D,17D,18D,19D,20D,37D;. The Kier molecular flexibility index (Phi) is 7.63. The molecule has 0 aliphatic rings. The Morgan fingerprint density at radius 3 is 2.05 bits per heavy atom. The summed E-state index contributed by atoms with van der Waals surface area (Å²) in [6.45, 7) is 9.70. The molecule has 302 valence electrons. The molecule has 0 unspecified atom stereocenters. The molecule has 0 saturated carbocycles. The smallest absolute Gasteiger partial charge is 0.268 e. The van der Waals surface area contributed by atoms with Gasteiger partial charge in [-0.15, -0.1) is 29.7 Å². The quantitative estimate of drug-likeness (QED) is 0.112. The molecule has 61 heavy (non-hydrogen) atoms. The van der Waals surface area contributed by atoms with Crippen molar-refractivity contribution in [1.82, 2.24) is 14.1 Å². The van der Waals surface area contributed by atoms with Crippen molar-refractivity contribution < 1.29 is 45.4 Å². The summed E-state index contributed by atoms with van der Waals surface area (Å²) in [6.07, 6.45) is 5.23. The summed E-state index contributed by atoms with van der Waals surface area (Å²) in [5.74, 6) is 0.124. The molecule has 10 rings (SSSR count). The Labute approximate surface area is 387 Å². The summed E-state index contributed by atoms with van der Waals surface area (Å²) in [7, 11) is 0. The van der Waals surface area contributed by atoms with Gasteiger partial charge in [-0.1, -0.05) is 155 Å². The minimum Gasteiger partial charge on any atom is -0.510 e. The Morgan fingerprint density at radius 2 is 1.36 bits per heavy atom. The number of pyridine rings is 1. The summed E-state index contributed by atoms with van der Waals surface area (Å²) in [5.41, 5.74) is 4.35. The van der Waals surface area contributed by atoms with Gasteiger partial charge in [0.05, 0.1) is 30.4 Å². The third kappa shape index (κ3) is 7.38. The topological polar surface area (TPSA) is 35.9 Å². The summed E-state index contributed by atoms with van der Waals surface area (Å²) < 4.78 is 109. The maximum Gasteiger partial charge on any atom is 0.268 e. The van der Waals surface area contributed by atoms with Crippen molar-refractivity contribution >= 4 is 32.8 Å². The number of aromatic nitrogens is 4. The van der Waals surface area contributed by atoms with Gasteiger partial charge < -0.3 is 13.9 Å². The molecule has 0 amide bonds. The summed E-state index contributed by atoms with van der Waals surface area (Å²) in [4.78, 5) is 4.80. The molecule has 0 spiro atoms. The fourth-order valence-electron chi connectivity index (χ4n) is 7.64. The molecule has 3 aromatic heterocycles. The van der Waals surface area contributed by atoms with Crippen LogP contribution in [0.2, 0.25) is 0 Å². The van der Waals surface area contributed by atoms with E-state index in [0.717, 1.165) is 33.2 Å². The zero-order valence-corrected chi connectivity index (χ0v) is 36.2. The Balaban J connectivity index is 0.00000640. The van der Waals surface area contributed by atoms with Crippen LogP contribution in [-0.2, 0) is 26.5 Å². The summed E-state index contributed by atoms with van der Waals surface area (Å²) in [5, 5.41) is 2.00. The van der Waals surface area contributed by atoms with Crippen molar-refractivity contribution in [3.63, 3.8) is 0 Å². The first-order valence-corrected chi connectivity index (χ1v) is 19.6. The number of fused-ring (bicyclic) bond motifs is 4. The van der Waals surface area contributed by atoms with Crippen LogP contribution in [0.4, 0.5) is 0 Å². The van der Waals surface area contributed by atoms with Crippen LogP contribution in [-0.4, -0.2) is 14.1 Å². The molecule has 0 atom stereocenters. The third-order valence-electron chi connectivity index (χ3n) is 10.6. The molecule has 6 heteroatoms. The Bertz CT molecular complexity index is 3710. The maximum atomic E-state index is 9.17. The predicted octanol–water partition coefficient (Wildman–Crippen LogP) is 13.3. The molecule has 7 aromatic carbocycles. The molecule has 5 nitrogen and oxygen atoms in total. The van der Waals surface area contributed by atoms with Crippen LogP contribution in [0.15, 0.2) is 170 Å². The van der Waals surface area contributed by atoms with Crippen LogP contribution in [0, 0.1) is 18.5 Å². The second kappa shape index (κ2) is 16.1. The van der Waals surface area contributed by atoms with E-state index in [1.54, 1.807) is 65.4 Å². The van der Waals surface area contributed by atoms with Gasteiger partial charge in [0.15, 0.2) is 0 Å². The summed E-state index contributed by atoms with van der Waals surface area (Å²) in [6, 6.07) is 33.0. The second-order valence-corrected chi connectivity index (χ2v) is 15.8. The van der Waals surface area contributed by atoms with Gasteiger partial charge in [0.25, 0.3) is 6.33 Å². The number of rotatable bonds is 8. The molecule has 3 heterocycles. The monoisotopic (exact) mass is 982 g/mol. The van der Waals surface area contributed by atoms with Gasteiger partial charge >= 0.3 is 0 Å². The number of imidazole rings is 1. The van der Waals surface area contributed by atoms with Crippen molar-refractivity contribution in [3.05, 3.63) is 199 Å². The van der Waals surface area contributed by atoms with E-state index in [0.29, 0.717) is 28.2 Å². The van der Waals surface area contributed by atoms with Gasteiger partial charge in [-0.3, -0.25) is 4.57 Å². The van der Waals surface area contributed by atoms with E-state index >= 15 is 0 Å². The summed E-state index contributed by atoms with van der Waals surface area (Å²) >= 11 is 0. The van der Waals surface area contributed by atoms with E-state index in [4.69, 9.17) is 23.4 Å². The first-order chi connectivity index (χ1) is 33.6. The van der Waals surface area contributed by atoms with Crippen molar-refractivity contribution in [3.8, 4) is 50.9 Å². The van der Waals surface area contributed by atoms with E-state index in [1.165, 1.54) is 0 Å².